The van der Waals surface area contributed by atoms with Crippen molar-refractivity contribution in [3.63, 3.8) is 0 Å². The number of H-pyrrole nitrogens is 1. The zero-order chi connectivity index (χ0) is 22.0. The zero-order valence-electron chi connectivity index (χ0n) is 18.3. The summed E-state index contributed by atoms with van der Waals surface area (Å²) in [6, 6.07) is 15.0. The first-order valence-electron chi connectivity index (χ1n) is 11.3. The third-order valence-electron chi connectivity index (χ3n) is 6.23. The minimum absolute atomic E-state index is 0.694. The number of nitrogens with zero attached hydrogens (tertiary/aromatic N) is 5. The minimum Gasteiger partial charge on any atom is -0.369 e. The highest BCUT2D eigenvalue weighted by Crippen LogP contribution is 2.31. The molecule has 1 aliphatic rings. The maximum Gasteiger partial charge on any atom is 0.137 e. The van der Waals surface area contributed by atoms with Crippen molar-refractivity contribution in [1.82, 2.24) is 30.0 Å². The average Bonchev–Trinajstić information content (AvgIpc) is 3.52. The Morgan fingerprint density at radius 1 is 0.909 bits per heavy atom. The predicted molar refractivity (Wildman–Crippen MR) is 131 cm³/mol. The first kappa shape index (κ1) is 19.7. The summed E-state index contributed by atoms with van der Waals surface area (Å²) in [5.74, 6) is 0. The number of hydrogen-bond acceptors (Lipinski definition) is 5. The summed E-state index contributed by atoms with van der Waals surface area (Å²) < 4.78 is 1.94. The van der Waals surface area contributed by atoms with Crippen LogP contribution in [0.25, 0.3) is 33.3 Å². The standard InChI is InChI=1S/C26H25N7/c1-2-19(13-28-7-1)17-33-18-22(15-31-33)25-16-30-26-24(25)12-21(14-29-26)20-3-5-23(6-4-20)32-10-8-27-9-11-32/h1-7,12-16,18,27H,8-11,17H2,(H,29,30). The van der Waals surface area contributed by atoms with Crippen LogP contribution in [-0.2, 0) is 6.54 Å². The monoisotopic (exact) mass is 435 g/mol. The molecule has 33 heavy (non-hydrogen) atoms. The maximum absolute atomic E-state index is 4.68. The molecule has 4 aromatic heterocycles. The summed E-state index contributed by atoms with van der Waals surface area (Å²) in [6.07, 6.45) is 11.6. The van der Waals surface area contributed by atoms with Crippen LogP contribution in [0.5, 0.6) is 0 Å². The van der Waals surface area contributed by atoms with E-state index in [2.05, 4.69) is 72.9 Å². The van der Waals surface area contributed by atoms with Gasteiger partial charge in [-0.25, -0.2) is 4.98 Å². The van der Waals surface area contributed by atoms with E-state index in [1.54, 1.807) is 6.20 Å². The lowest BCUT2D eigenvalue weighted by atomic mass is 10.0. The molecule has 0 unspecified atom stereocenters. The van der Waals surface area contributed by atoms with Crippen molar-refractivity contribution in [2.75, 3.05) is 31.1 Å². The molecule has 7 nitrogen and oxygen atoms in total. The molecule has 1 fully saturated rings. The lowest BCUT2D eigenvalue weighted by molar-refractivity contribution is 0.589. The van der Waals surface area contributed by atoms with E-state index in [1.165, 1.54) is 11.3 Å². The quantitative estimate of drug-likeness (QED) is 0.437. The summed E-state index contributed by atoms with van der Waals surface area (Å²) in [5.41, 5.74) is 7.73. The third-order valence-corrected chi connectivity index (χ3v) is 6.23. The highest BCUT2D eigenvalue weighted by Gasteiger charge is 2.13. The molecule has 0 amide bonds. The number of anilines is 1. The number of nitrogens with one attached hydrogen (secondary N) is 2. The lowest BCUT2D eigenvalue weighted by Crippen LogP contribution is -2.43. The molecule has 1 saturated heterocycles. The van der Waals surface area contributed by atoms with Gasteiger partial charge in [-0.3, -0.25) is 9.67 Å². The molecule has 1 aromatic carbocycles. The van der Waals surface area contributed by atoms with E-state index in [9.17, 15) is 0 Å². The predicted octanol–water partition coefficient (Wildman–Crippen LogP) is 3.95. The van der Waals surface area contributed by atoms with E-state index in [1.807, 2.05) is 35.5 Å². The van der Waals surface area contributed by atoms with Crippen molar-refractivity contribution in [1.29, 1.82) is 0 Å². The molecule has 0 atom stereocenters. The van der Waals surface area contributed by atoms with Crippen molar-refractivity contribution < 1.29 is 0 Å². The molecule has 5 aromatic rings. The largest absolute Gasteiger partial charge is 0.369 e. The Labute approximate surface area is 192 Å². The number of aromatic amines is 1. The Morgan fingerprint density at radius 3 is 2.61 bits per heavy atom. The van der Waals surface area contributed by atoms with Gasteiger partial charge in [-0.15, -0.1) is 0 Å². The van der Waals surface area contributed by atoms with E-state index in [0.29, 0.717) is 6.54 Å². The van der Waals surface area contributed by atoms with Gasteiger partial charge in [0.15, 0.2) is 0 Å². The fourth-order valence-electron chi connectivity index (χ4n) is 4.46. The second kappa shape index (κ2) is 8.52. The topological polar surface area (TPSA) is 74.7 Å². The van der Waals surface area contributed by atoms with Gasteiger partial charge in [0, 0.05) is 84.9 Å². The Morgan fingerprint density at radius 2 is 1.79 bits per heavy atom. The molecule has 164 valence electrons. The molecule has 6 rings (SSSR count). The number of rotatable bonds is 5. The molecule has 5 heterocycles. The SMILES string of the molecule is c1cncc(Cn2cc(-c3c[nH]c4ncc(-c5ccc(N6CCNCC6)cc5)cc34)cn2)c1. The van der Waals surface area contributed by atoms with Crippen LogP contribution < -0.4 is 10.2 Å². The minimum atomic E-state index is 0.694. The zero-order valence-corrected chi connectivity index (χ0v) is 18.3. The van der Waals surface area contributed by atoms with Gasteiger partial charge >= 0.3 is 0 Å². The molecule has 0 spiro atoms. The molecule has 7 heteroatoms. The summed E-state index contributed by atoms with van der Waals surface area (Å²) >= 11 is 0. The van der Waals surface area contributed by atoms with E-state index in [0.717, 1.165) is 59.5 Å². The molecule has 2 N–H and O–H groups in total. The summed E-state index contributed by atoms with van der Waals surface area (Å²) in [4.78, 5) is 14.6. The Bertz CT molecular complexity index is 1360. The van der Waals surface area contributed by atoms with Crippen LogP contribution in [0.2, 0.25) is 0 Å². The summed E-state index contributed by atoms with van der Waals surface area (Å²) in [5, 5.41) is 9.06. The molecular weight excluding hydrogens is 410 g/mol. The number of piperazine rings is 1. The van der Waals surface area contributed by atoms with Crippen LogP contribution in [0, 0.1) is 0 Å². The van der Waals surface area contributed by atoms with E-state index in [-0.39, 0.29) is 0 Å². The van der Waals surface area contributed by atoms with Crippen molar-refractivity contribution in [3.8, 4) is 22.3 Å². The average molecular weight is 436 g/mol. The fraction of sp³-hybridized carbons (Fsp3) is 0.192. The van der Waals surface area contributed by atoms with Gasteiger partial charge in [-0.05, 0) is 35.4 Å². The Balaban J connectivity index is 1.28. The second-order valence-corrected chi connectivity index (χ2v) is 8.39. The molecule has 0 saturated carbocycles. The summed E-state index contributed by atoms with van der Waals surface area (Å²) in [7, 11) is 0. The number of pyridine rings is 2. The summed E-state index contributed by atoms with van der Waals surface area (Å²) in [6.45, 7) is 4.87. The fourth-order valence-corrected chi connectivity index (χ4v) is 4.46. The Hall–Kier alpha value is -3.97. The van der Waals surface area contributed by atoms with Crippen molar-refractivity contribution in [2.45, 2.75) is 6.54 Å². The van der Waals surface area contributed by atoms with Crippen LogP contribution in [-0.4, -0.2) is 50.9 Å². The number of aromatic nitrogens is 5. The lowest BCUT2D eigenvalue weighted by Gasteiger charge is -2.29. The van der Waals surface area contributed by atoms with Crippen LogP contribution in [0.15, 0.2) is 79.6 Å². The molecule has 1 aliphatic heterocycles. The molecule has 0 radical (unpaired) electrons. The highest BCUT2D eigenvalue weighted by molar-refractivity contribution is 5.95. The number of fused-ring (bicyclic) bond motifs is 1. The normalized spacial score (nSPS) is 14.1. The van der Waals surface area contributed by atoms with Gasteiger partial charge in [0.05, 0.1) is 12.7 Å². The first-order chi connectivity index (χ1) is 16.3. The molecule has 0 bridgehead atoms. The third kappa shape index (κ3) is 3.99. The maximum atomic E-state index is 4.68. The van der Waals surface area contributed by atoms with E-state index >= 15 is 0 Å². The van der Waals surface area contributed by atoms with Gasteiger partial charge in [0.1, 0.15) is 5.65 Å². The Kier molecular flexibility index (Phi) is 5.08. The second-order valence-electron chi connectivity index (χ2n) is 8.39. The van der Waals surface area contributed by atoms with Crippen molar-refractivity contribution >= 4 is 16.7 Å². The van der Waals surface area contributed by atoms with Crippen LogP contribution in [0.1, 0.15) is 5.56 Å². The van der Waals surface area contributed by atoms with Crippen molar-refractivity contribution in [3.05, 3.63) is 85.2 Å². The number of benzene rings is 1. The van der Waals surface area contributed by atoms with Crippen LogP contribution in [0.3, 0.4) is 0 Å². The molecular formula is C26H25N7. The highest BCUT2D eigenvalue weighted by atomic mass is 15.3. The van der Waals surface area contributed by atoms with Crippen LogP contribution in [0.4, 0.5) is 5.69 Å². The van der Waals surface area contributed by atoms with Gasteiger partial charge in [-0.1, -0.05) is 18.2 Å². The van der Waals surface area contributed by atoms with Gasteiger partial charge in [-0.2, -0.15) is 5.10 Å². The van der Waals surface area contributed by atoms with Crippen molar-refractivity contribution in [2.24, 2.45) is 0 Å². The van der Waals surface area contributed by atoms with Gasteiger partial charge < -0.3 is 15.2 Å². The van der Waals surface area contributed by atoms with Gasteiger partial charge in [0.25, 0.3) is 0 Å². The first-order valence-corrected chi connectivity index (χ1v) is 11.3. The van der Waals surface area contributed by atoms with E-state index < -0.39 is 0 Å². The van der Waals surface area contributed by atoms with E-state index in [4.69, 9.17) is 0 Å². The number of hydrogen-bond donors (Lipinski definition) is 2. The smallest absolute Gasteiger partial charge is 0.137 e. The molecule has 0 aliphatic carbocycles. The van der Waals surface area contributed by atoms with Gasteiger partial charge in [0.2, 0.25) is 0 Å². The van der Waals surface area contributed by atoms with Crippen LogP contribution >= 0.6 is 0 Å².